The van der Waals surface area contributed by atoms with E-state index in [1.54, 1.807) is 0 Å². The Balaban J connectivity index is 1.79. The molecule has 0 saturated heterocycles. The number of nitrogens with one attached hydrogen (secondary N) is 1. The maximum Gasteiger partial charge on any atom is 0.154 e. The summed E-state index contributed by atoms with van der Waals surface area (Å²) >= 11 is 9.73. The lowest BCUT2D eigenvalue weighted by Gasteiger charge is -2.09. The Labute approximate surface area is 177 Å². The number of hydrazone groups is 1. The average molecular weight is 455 g/mol. The second kappa shape index (κ2) is 8.17. The third kappa shape index (κ3) is 3.96. The van der Waals surface area contributed by atoms with Gasteiger partial charge in [-0.3, -0.25) is 5.43 Å². The van der Waals surface area contributed by atoms with E-state index in [1.165, 1.54) is 0 Å². The fourth-order valence-corrected chi connectivity index (χ4v) is 3.38. The highest BCUT2D eigenvalue weighted by Gasteiger charge is 2.18. The molecule has 0 saturated carbocycles. The number of ether oxygens (including phenoxy) is 1. The highest BCUT2D eigenvalue weighted by molar-refractivity contribution is 9.10. The van der Waals surface area contributed by atoms with Gasteiger partial charge in [0, 0.05) is 26.2 Å². The largest absolute Gasteiger partial charge is 0.494 e. The van der Waals surface area contributed by atoms with Crippen LogP contribution in [0.15, 0.2) is 81.3 Å². The van der Waals surface area contributed by atoms with E-state index in [0.717, 1.165) is 38.3 Å². The Morgan fingerprint density at radius 2 is 1.68 bits per heavy atom. The molecule has 0 aromatic heterocycles. The first-order chi connectivity index (χ1) is 13.6. The maximum atomic E-state index is 6.27. The number of aliphatic imine (C=N–C) groups is 1. The van der Waals surface area contributed by atoms with E-state index in [0.29, 0.717) is 17.5 Å². The van der Waals surface area contributed by atoms with Crippen LogP contribution < -0.4 is 10.2 Å². The van der Waals surface area contributed by atoms with Crippen LogP contribution in [0, 0.1) is 0 Å². The van der Waals surface area contributed by atoms with Gasteiger partial charge in [-0.25, -0.2) is 4.99 Å². The van der Waals surface area contributed by atoms with Crippen LogP contribution in [0.1, 0.15) is 23.6 Å². The molecule has 1 aliphatic rings. The predicted molar refractivity (Wildman–Crippen MR) is 118 cm³/mol. The minimum atomic E-state index is 0.630. The Kier molecular flexibility index (Phi) is 5.46. The molecule has 1 heterocycles. The number of rotatable bonds is 4. The van der Waals surface area contributed by atoms with Gasteiger partial charge in [-0.2, -0.15) is 5.10 Å². The molecule has 28 heavy (non-hydrogen) atoms. The zero-order chi connectivity index (χ0) is 19.5. The van der Waals surface area contributed by atoms with Gasteiger partial charge in [0.1, 0.15) is 11.5 Å². The van der Waals surface area contributed by atoms with Crippen LogP contribution in [0.4, 0.5) is 5.69 Å². The number of hydrogen-bond donors (Lipinski definition) is 1. The van der Waals surface area contributed by atoms with Gasteiger partial charge in [0.25, 0.3) is 0 Å². The van der Waals surface area contributed by atoms with Crippen LogP contribution in [0.3, 0.4) is 0 Å². The van der Waals surface area contributed by atoms with Crippen molar-refractivity contribution in [3.8, 4) is 5.75 Å². The smallest absolute Gasteiger partial charge is 0.154 e. The number of halogens is 2. The van der Waals surface area contributed by atoms with Crippen molar-refractivity contribution in [2.24, 2.45) is 10.1 Å². The monoisotopic (exact) mass is 453 g/mol. The topological polar surface area (TPSA) is 46.0 Å². The normalized spacial score (nSPS) is 13.0. The van der Waals surface area contributed by atoms with Gasteiger partial charge in [-0.15, -0.1) is 0 Å². The van der Waals surface area contributed by atoms with E-state index in [2.05, 4.69) is 26.5 Å². The molecule has 6 heteroatoms. The summed E-state index contributed by atoms with van der Waals surface area (Å²) in [6.07, 6.45) is 0. The molecule has 4 rings (SSSR count). The summed E-state index contributed by atoms with van der Waals surface area (Å²) in [5.41, 5.74) is 7.47. The van der Waals surface area contributed by atoms with Gasteiger partial charge in [-0.05, 0) is 61.5 Å². The van der Waals surface area contributed by atoms with Crippen molar-refractivity contribution in [2.45, 2.75) is 6.92 Å². The summed E-state index contributed by atoms with van der Waals surface area (Å²) in [6.45, 7) is 2.59. The predicted octanol–water partition coefficient (Wildman–Crippen LogP) is 5.94. The molecule has 0 amide bonds. The van der Waals surface area contributed by atoms with Gasteiger partial charge in [-0.1, -0.05) is 39.7 Å². The lowest BCUT2D eigenvalue weighted by molar-refractivity contribution is 0.340. The number of fused-ring (bicyclic) bond motifs is 1. The first-order valence-corrected chi connectivity index (χ1v) is 10.0. The van der Waals surface area contributed by atoms with Crippen LogP contribution in [-0.2, 0) is 0 Å². The quantitative estimate of drug-likeness (QED) is 0.530. The summed E-state index contributed by atoms with van der Waals surface area (Å²) in [7, 11) is 0. The third-order valence-corrected chi connectivity index (χ3v) is 5.04. The summed E-state index contributed by atoms with van der Waals surface area (Å²) in [6, 6.07) is 21.4. The zero-order valence-electron chi connectivity index (χ0n) is 15.1. The molecule has 3 aromatic carbocycles. The molecule has 0 spiro atoms. The number of benzene rings is 3. The molecule has 4 nitrogen and oxygen atoms in total. The zero-order valence-corrected chi connectivity index (χ0v) is 17.5. The third-order valence-electron chi connectivity index (χ3n) is 4.28. The standard InChI is InChI=1S/C22H17BrClN3O/c1-2-28-18-10-5-14(6-11-18)21-19-13-17(24)9-12-20(19)25-22(27-26-21)15-3-7-16(23)8-4-15/h3-13H,2H2,1H3,(H,25,27). The fraction of sp³-hybridized carbons (Fsp3) is 0.0909. The van der Waals surface area contributed by atoms with E-state index in [9.17, 15) is 0 Å². The van der Waals surface area contributed by atoms with E-state index < -0.39 is 0 Å². The van der Waals surface area contributed by atoms with Crippen molar-refractivity contribution < 1.29 is 4.74 Å². The number of nitrogens with zero attached hydrogens (tertiary/aromatic N) is 2. The van der Waals surface area contributed by atoms with Gasteiger partial charge in [0.2, 0.25) is 0 Å². The summed E-state index contributed by atoms with van der Waals surface area (Å²) < 4.78 is 6.55. The van der Waals surface area contributed by atoms with Crippen molar-refractivity contribution in [2.75, 3.05) is 6.61 Å². The van der Waals surface area contributed by atoms with Gasteiger partial charge >= 0.3 is 0 Å². The van der Waals surface area contributed by atoms with Crippen LogP contribution in [-0.4, -0.2) is 18.2 Å². The molecule has 1 aliphatic heterocycles. The van der Waals surface area contributed by atoms with Crippen molar-refractivity contribution in [1.82, 2.24) is 5.43 Å². The molecule has 140 valence electrons. The number of hydrogen-bond acceptors (Lipinski definition) is 4. The Morgan fingerprint density at radius 3 is 2.39 bits per heavy atom. The van der Waals surface area contributed by atoms with Gasteiger partial charge in [0.15, 0.2) is 5.84 Å². The molecule has 0 radical (unpaired) electrons. The lowest BCUT2D eigenvalue weighted by Crippen LogP contribution is -2.19. The molecule has 3 aromatic rings. The maximum absolute atomic E-state index is 6.27. The Hall–Kier alpha value is -2.63. The molecular formula is C22H17BrClN3O. The molecule has 0 bridgehead atoms. The second-order valence-electron chi connectivity index (χ2n) is 6.16. The number of amidine groups is 1. The highest BCUT2D eigenvalue weighted by Crippen LogP contribution is 2.29. The van der Waals surface area contributed by atoms with E-state index >= 15 is 0 Å². The molecule has 0 unspecified atom stereocenters. The summed E-state index contributed by atoms with van der Waals surface area (Å²) in [5.74, 6) is 1.50. The minimum absolute atomic E-state index is 0.630. The first-order valence-electron chi connectivity index (χ1n) is 8.85. The first kappa shape index (κ1) is 18.7. The van der Waals surface area contributed by atoms with E-state index in [-0.39, 0.29) is 0 Å². The molecular weight excluding hydrogens is 438 g/mol. The van der Waals surface area contributed by atoms with Crippen LogP contribution >= 0.6 is 27.5 Å². The molecule has 1 N–H and O–H groups in total. The van der Waals surface area contributed by atoms with Crippen LogP contribution in [0.2, 0.25) is 5.02 Å². The van der Waals surface area contributed by atoms with Crippen molar-refractivity contribution in [1.29, 1.82) is 0 Å². The SMILES string of the molecule is CCOc1ccc(C2=NNC(c3ccc(Br)cc3)=Nc3ccc(Cl)cc32)cc1. The van der Waals surface area contributed by atoms with Crippen molar-refractivity contribution in [3.05, 3.63) is 92.9 Å². The van der Waals surface area contributed by atoms with Gasteiger partial charge in [0.05, 0.1) is 12.3 Å². The molecule has 0 aliphatic carbocycles. The van der Waals surface area contributed by atoms with Crippen LogP contribution in [0.5, 0.6) is 5.75 Å². The summed E-state index contributed by atoms with van der Waals surface area (Å²) in [4.78, 5) is 4.80. The molecule has 0 fully saturated rings. The lowest BCUT2D eigenvalue weighted by atomic mass is 10.0. The van der Waals surface area contributed by atoms with Crippen LogP contribution in [0.25, 0.3) is 0 Å². The highest BCUT2D eigenvalue weighted by atomic mass is 79.9. The van der Waals surface area contributed by atoms with Crippen molar-refractivity contribution >= 4 is 44.8 Å². The second-order valence-corrected chi connectivity index (χ2v) is 7.51. The van der Waals surface area contributed by atoms with Crippen molar-refractivity contribution in [3.63, 3.8) is 0 Å². The minimum Gasteiger partial charge on any atom is -0.494 e. The Bertz CT molecular complexity index is 1060. The average Bonchev–Trinajstić information content (AvgIpc) is 2.89. The van der Waals surface area contributed by atoms with Gasteiger partial charge < -0.3 is 4.74 Å². The molecule has 0 atom stereocenters. The fourth-order valence-electron chi connectivity index (χ4n) is 2.94. The summed E-state index contributed by atoms with van der Waals surface area (Å²) in [5, 5.41) is 5.30. The van der Waals surface area contributed by atoms with E-state index in [1.807, 2.05) is 73.7 Å². The van der Waals surface area contributed by atoms with E-state index in [4.69, 9.17) is 21.3 Å². The Morgan fingerprint density at radius 1 is 0.964 bits per heavy atom.